The zero-order valence-electron chi connectivity index (χ0n) is 56.5. The van der Waals surface area contributed by atoms with Crippen LogP contribution in [-0.2, 0) is 95.2 Å². The minimum absolute atomic E-state index is 0. The summed E-state index contributed by atoms with van der Waals surface area (Å²) in [5.74, 6) is 2.16. The Labute approximate surface area is 605 Å². The second-order valence-corrected chi connectivity index (χ2v) is 25.3. The Kier molecular flexibility index (Phi) is 32.4. The lowest BCUT2D eigenvalue weighted by molar-refractivity contribution is -0.141. The van der Waals surface area contributed by atoms with Gasteiger partial charge in [-0.05, 0) is 149 Å². The van der Waals surface area contributed by atoms with Gasteiger partial charge in [-0.25, -0.2) is 0 Å². The molecule has 0 saturated heterocycles. The van der Waals surface area contributed by atoms with Gasteiger partial charge in [-0.2, -0.15) is 8.42 Å². The molecule has 2 amide bonds. The van der Waals surface area contributed by atoms with Crippen molar-refractivity contribution in [3.63, 3.8) is 0 Å². The number of aliphatic imine (C=N–C) groups is 2. The van der Waals surface area contributed by atoms with Crippen LogP contribution in [0.1, 0.15) is 146 Å². The Morgan fingerprint density at radius 1 is 0.495 bits per heavy atom. The predicted molar refractivity (Wildman–Crippen MR) is 398 cm³/mol. The molecule has 0 radical (unpaired) electrons. The van der Waals surface area contributed by atoms with Crippen LogP contribution < -0.4 is 38.2 Å². The molecule has 2 atom stereocenters. The van der Waals surface area contributed by atoms with Crippen molar-refractivity contribution in [3.05, 3.63) is 189 Å². The van der Waals surface area contributed by atoms with Crippen LogP contribution in [0, 0.1) is 6.92 Å². The molecule has 0 unspecified atom stereocenters. The predicted octanol–water partition coefficient (Wildman–Crippen LogP) is 13.7. The summed E-state index contributed by atoms with van der Waals surface area (Å²) in [5.41, 5.74) is 11.6. The molecule has 0 spiro atoms. The van der Waals surface area contributed by atoms with Crippen molar-refractivity contribution in [2.24, 2.45) is 9.98 Å². The third kappa shape index (κ3) is 22.7. The molecule has 4 aliphatic heterocycles. The number of nitrogens with zero attached hydrogens (tertiary/aromatic N) is 4. The van der Waals surface area contributed by atoms with Gasteiger partial charge in [-0.15, -0.1) is 0 Å². The van der Waals surface area contributed by atoms with E-state index >= 15 is 0 Å². The molecule has 554 valence electrons. The number of aliphatic hydroxyl groups is 2. The molecule has 4 aliphatic rings. The maximum atomic E-state index is 13.9. The maximum absolute atomic E-state index is 13.9. The van der Waals surface area contributed by atoms with Crippen LogP contribution >= 0.6 is 0 Å². The van der Waals surface area contributed by atoms with E-state index in [1.165, 1.54) is 21.3 Å². The molecule has 24 heteroatoms. The van der Waals surface area contributed by atoms with Gasteiger partial charge in [0.2, 0.25) is 0 Å². The summed E-state index contributed by atoms with van der Waals surface area (Å²) in [6.45, 7) is 5.07. The van der Waals surface area contributed by atoms with Crippen LogP contribution in [0.15, 0.2) is 137 Å². The molecule has 0 aromatic heterocycles. The van der Waals surface area contributed by atoms with Crippen molar-refractivity contribution >= 4 is 75.0 Å². The van der Waals surface area contributed by atoms with Crippen molar-refractivity contribution in [3.8, 4) is 34.5 Å². The number of methoxy groups -OCH3 is 4. The molecule has 7 aromatic rings. The lowest BCUT2D eigenvalue weighted by Crippen LogP contribution is -2.37. The number of aliphatic hydroxyl groups excluding tert-OH is 2. The number of aryl methyl sites for hydroxylation is 2. The second-order valence-electron chi connectivity index (χ2n) is 23.6. The molecule has 11 rings (SSSR count). The van der Waals surface area contributed by atoms with Crippen LogP contribution in [0.25, 0.3) is 0 Å². The van der Waals surface area contributed by atoms with E-state index < -0.39 is 10.1 Å². The standard InChI is InChI=1S/C47H42N4O8.C15H22O6S.C13H18O5.4CH4/c1-28-15-36-38(48-24-33-19-31-9-4-6-11-40(31)50(33)46(36)53)22-42(28)58-26-29-16-30(18-35(17-29)57-14-8-13-45(52)56-3)27-59-44-23-39-37(21-43(44)55-2)47(54)51-34(25-49-39)20-32-10-5-7-12-41(32)51;1-4-12-8-13(11-21-22(3,17)18)10-14(9-12)20-7-5-6-15(16)19-2;1-17-13(16)3-2-4-18-12-6-10(8-14)5-11(7-12)9-15;;;;/h4-7,9-12,15-18,21-25,33-34H,8,13-14,19-20,26-27H2,1-3H3;8-10H,4-7,11H2,1-3H3;5-7,14-15H,2-4,8-9H2,1H3;4*1H4/t33-,34-;;;;;;/m0....../s1. The number of anilines is 2. The van der Waals surface area contributed by atoms with Gasteiger partial charge in [0, 0.05) is 68.0 Å². The fraction of sp³-hybridized carbons (Fsp3) is 0.380. The van der Waals surface area contributed by atoms with Crippen LogP contribution in [0.3, 0.4) is 0 Å². The number of hydrogen-bond donors (Lipinski definition) is 2. The maximum Gasteiger partial charge on any atom is 0.305 e. The minimum Gasteiger partial charge on any atom is -0.494 e. The number of amides is 2. The molecular formula is C79H98N4O19S. The fourth-order valence-corrected chi connectivity index (χ4v) is 11.8. The van der Waals surface area contributed by atoms with Crippen LogP contribution in [0.5, 0.6) is 34.5 Å². The van der Waals surface area contributed by atoms with E-state index in [2.05, 4.69) is 15.5 Å². The molecule has 7 aromatic carbocycles. The topological polar surface area (TPSA) is 283 Å². The number of rotatable bonds is 28. The third-order valence-electron chi connectivity index (χ3n) is 16.4. The summed E-state index contributed by atoms with van der Waals surface area (Å²) in [6, 6.07) is 39.0. The highest BCUT2D eigenvalue weighted by atomic mass is 32.2. The number of esters is 3. The van der Waals surface area contributed by atoms with E-state index in [4.69, 9.17) is 57.5 Å². The molecular weight excluding hydrogens is 1340 g/mol. The van der Waals surface area contributed by atoms with Gasteiger partial charge in [-0.3, -0.25) is 47.9 Å². The molecule has 0 bridgehead atoms. The Morgan fingerprint density at radius 3 is 1.31 bits per heavy atom. The van der Waals surface area contributed by atoms with Gasteiger partial charge in [0.05, 0.1) is 109 Å². The lowest BCUT2D eigenvalue weighted by atomic mass is 10.1. The minimum atomic E-state index is -3.48. The van der Waals surface area contributed by atoms with E-state index in [0.717, 1.165) is 69.4 Å². The van der Waals surface area contributed by atoms with Gasteiger partial charge in [0.1, 0.15) is 36.2 Å². The van der Waals surface area contributed by atoms with E-state index in [1.54, 1.807) is 48.4 Å². The van der Waals surface area contributed by atoms with Gasteiger partial charge in [0.15, 0.2) is 11.5 Å². The summed E-state index contributed by atoms with van der Waals surface area (Å²) in [4.78, 5) is 74.5. The number of ether oxygens (including phenoxy) is 9. The summed E-state index contributed by atoms with van der Waals surface area (Å²) in [6.07, 6.45) is 9.33. The van der Waals surface area contributed by atoms with Gasteiger partial charge < -0.3 is 52.8 Å². The average Bonchev–Trinajstić information content (AvgIpc) is 1.63. The smallest absolute Gasteiger partial charge is 0.305 e. The summed E-state index contributed by atoms with van der Waals surface area (Å²) < 4.78 is 76.4. The van der Waals surface area contributed by atoms with Crippen LogP contribution in [-0.4, -0.2) is 127 Å². The average molecular weight is 1440 g/mol. The van der Waals surface area contributed by atoms with Gasteiger partial charge in [-0.1, -0.05) is 85.2 Å². The monoisotopic (exact) mass is 1440 g/mol. The molecule has 23 nitrogen and oxygen atoms in total. The Hall–Kier alpha value is -10.1. The molecule has 0 aliphatic carbocycles. The molecule has 0 fully saturated rings. The number of carbonyl (C=O) groups excluding carboxylic acids is 5. The van der Waals surface area contributed by atoms with E-state index in [1.807, 2.05) is 116 Å². The first kappa shape index (κ1) is 83.5. The summed E-state index contributed by atoms with van der Waals surface area (Å²) in [5, 5.41) is 18.1. The number of para-hydroxylation sites is 2. The highest BCUT2D eigenvalue weighted by molar-refractivity contribution is 7.85. The summed E-state index contributed by atoms with van der Waals surface area (Å²) in [7, 11) is 2.12. The van der Waals surface area contributed by atoms with E-state index in [-0.39, 0.29) is 111 Å². The SMILES string of the molecule is C.C.C.C.CCc1cc(COS(C)(=O)=O)cc(OCCCC(=O)OC)c1.COC(=O)CCCOc1cc(CO)cc(CO)c1.COC(=O)CCCOc1cc(COc2cc3c(cc2C)C(=O)N2c4ccccc4C[C@H]2C=N3)cc(COc2cc3c(cc2OC)C(=O)N2c4ccccc4C[C@H]2C=N3)c1. The molecule has 0 saturated carbocycles. The highest BCUT2D eigenvalue weighted by Gasteiger charge is 2.38. The number of fused-ring (bicyclic) bond motifs is 8. The van der Waals surface area contributed by atoms with Crippen molar-refractivity contribution in [2.45, 2.75) is 146 Å². The van der Waals surface area contributed by atoms with Crippen LogP contribution in [0.2, 0.25) is 0 Å². The van der Waals surface area contributed by atoms with Crippen molar-refractivity contribution < 1.29 is 89.4 Å². The van der Waals surface area contributed by atoms with Gasteiger partial charge in [0.25, 0.3) is 21.9 Å². The number of hydrogen-bond acceptors (Lipinski definition) is 21. The largest absolute Gasteiger partial charge is 0.494 e. The first-order valence-corrected chi connectivity index (χ1v) is 34.2. The van der Waals surface area contributed by atoms with E-state index in [9.17, 15) is 32.4 Å². The van der Waals surface area contributed by atoms with Crippen molar-refractivity contribution in [2.75, 3.05) is 64.3 Å². The molecule has 4 heterocycles. The Morgan fingerprint density at radius 2 is 0.883 bits per heavy atom. The number of benzene rings is 7. The zero-order chi connectivity index (χ0) is 70.6. The van der Waals surface area contributed by atoms with Gasteiger partial charge >= 0.3 is 17.9 Å². The normalized spacial score (nSPS) is 13.8. The Bertz CT molecular complexity index is 4210. The number of carbonyl (C=O) groups is 5. The first-order valence-electron chi connectivity index (χ1n) is 32.4. The third-order valence-corrected chi connectivity index (χ3v) is 17.0. The van der Waals surface area contributed by atoms with Crippen LogP contribution in [0.4, 0.5) is 22.7 Å². The quantitative estimate of drug-likeness (QED) is 0.0199. The molecule has 2 N–H and O–H groups in total. The second kappa shape index (κ2) is 39.9. The zero-order valence-corrected chi connectivity index (χ0v) is 57.3. The summed E-state index contributed by atoms with van der Waals surface area (Å²) >= 11 is 0. The van der Waals surface area contributed by atoms with Crippen molar-refractivity contribution in [1.29, 1.82) is 0 Å². The fourth-order valence-electron chi connectivity index (χ4n) is 11.5. The Balaban J connectivity index is 0.000000358. The van der Waals surface area contributed by atoms with E-state index in [0.29, 0.717) is 126 Å². The van der Waals surface area contributed by atoms with Crippen molar-refractivity contribution in [1.82, 2.24) is 0 Å². The first-order chi connectivity index (χ1) is 47.8. The lowest BCUT2D eigenvalue weighted by Gasteiger charge is -2.22. The molecule has 103 heavy (non-hydrogen) atoms. The highest BCUT2D eigenvalue weighted by Crippen LogP contribution is 2.43.